The molecule has 0 aliphatic rings. The highest BCUT2D eigenvalue weighted by Gasteiger charge is 2.19. The van der Waals surface area contributed by atoms with E-state index in [1.807, 2.05) is 11.4 Å². The van der Waals surface area contributed by atoms with Crippen molar-refractivity contribution in [2.75, 3.05) is 5.32 Å². The normalized spacial score (nSPS) is 10.7. The summed E-state index contributed by atoms with van der Waals surface area (Å²) in [7, 11) is 0. The molecular formula is C19H14FN5OS. The molecule has 0 fully saturated rings. The number of halogens is 1. The van der Waals surface area contributed by atoms with Gasteiger partial charge >= 0.3 is 0 Å². The van der Waals surface area contributed by atoms with Gasteiger partial charge in [0.1, 0.15) is 5.82 Å². The Hall–Kier alpha value is -3.39. The number of nitrogens with zero attached hydrogens (tertiary/aromatic N) is 4. The summed E-state index contributed by atoms with van der Waals surface area (Å²) in [5.74, 6) is 0.183. The number of carbonyl (C=O) groups is 1. The van der Waals surface area contributed by atoms with Gasteiger partial charge in [-0.15, -0.1) is 16.4 Å². The van der Waals surface area contributed by atoms with E-state index < -0.39 is 0 Å². The minimum atomic E-state index is -0.297. The molecule has 0 saturated carbocycles. The lowest BCUT2D eigenvalue weighted by molar-refractivity contribution is 0.0951. The lowest BCUT2D eigenvalue weighted by Crippen LogP contribution is -2.16. The molecule has 27 heavy (non-hydrogen) atoms. The standard InChI is InChI=1S/C19H14FN5OS/c20-15-5-3-13(4-6-15)12-22-19-23-17(14-7-9-21-10-8-14)24-25(19)18(26)16-2-1-11-27-16/h1-11H,12H2,(H,22,23,24). The molecule has 8 heteroatoms. The molecule has 3 aromatic heterocycles. The molecule has 0 saturated heterocycles. The molecule has 4 aromatic rings. The maximum Gasteiger partial charge on any atom is 0.291 e. The topological polar surface area (TPSA) is 72.7 Å². The Labute approximate surface area is 158 Å². The summed E-state index contributed by atoms with van der Waals surface area (Å²) in [6, 6.07) is 13.2. The van der Waals surface area contributed by atoms with E-state index >= 15 is 0 Å². The van der Waals surface area contributed by atoms with Gasteiger partial charge in [0.05, 0.1) is 4.88 Å². The fourth-order valence-electron chi connectivity index (χ4n) is 2.48. The Morgan fingerprint density at radius 3 is 2.59 bits per heavy atom. The number of nitrogens with one attached hydrogen (secondary N) is 1. The zero-order chi connectivity index (χ0) is 18.6. The first kappa shape index (κ1) is 17.0. The van der Waals surface area contributed by atoms with Crippen LogP contribution in [0.2, 0.25) is 0 Å². The molecule has 0 bridgehead atoms. The monoisotopic (exact) mass is 379 g/mol. The number of hydrogen-bond donors (Lipinski definition) is 1. The largest absolute Gasteiger partial charge is 0.350 e. The fraction of sp³-hybridized carbons (Fsp3) is 0.0526. The van der Waals surface area contributed by atoms with E-state index in [0.717, 1.165) is 11.1 Å². The second-order valence-corrected chi connectivity index (χ2v) is 6.62. The summed E-state index contributed by atoms with van der Waals surface area (Å²) in [5, 5.41) is 9.33. The third-order valence-corrected chi connectivity index (χ3v) is 4.69. The zero-order valence-corrected chi connectivity index (χ0v) is 14.9. The Morgan fingerprint density at radius 2 is 1.89 bits per heavy atom. The average Bonchev–Trinajstić information content (AvgIpc) is 3.38. The first-order chi connectivity index (χ1) is 13.2. The third-order valence-electron chi connectivity index (χ3n) is 3.83. The van der Waals surface area contributed by atoms with E-state index in [1.54, 1.807) is 42.7 Å². The predicted octanol–water partition coefficient (Wildman–Crippen LogP) is 3.84. The van der Waals surface area contributed by atoms with Gasteiger partial charge in [-0.05, 0) is 41.3 Å². The Bertz CT molecular complexity index is 1050. The van der Waals surface area contributed by atoms with Gasteiger partial charge in [0.2, 0.25) is 5.95 Å². The van der Waals surface area contributed by atoms with Crippen molar-refractivity contribution in [3.63, 3.8) is 0 Å². The lowest BCUT2D eigenvalue weighted by atomic mass is 10.2. The number of rotatable bonds is 5. The van der Waals surface area contributed by atoms with E-state index in [0.29, 0.717) is 23.2 Å². The summed E-state index contributed by atoms with van der Waals surface area (Å²) < 4.78 is 14.3. The molecule has 6 nitrogen and oxygen atoms in total. The molecule has 0 atom stereocenters. The average molecular weight is 379 g/mol. The summed E-state index contributed by atoms with van der Waals surface area (Å²) in [4.78, 5) is 21.8. The quantitative estimate of drug-likeness (QED) is 0.570. The highest BCUT2D eigenvalue weighted by molar-refractivity contribution is 7.12. The number of aromatic nitrogens is 4. The number of carbonyl (C=O) groups excluding carboxylic acids is 1. The van der Waals surface area contributed by atoms with Gasteiger partial charge in [0.15, 0.2) is 5.82 Å². The van der Waals surface area contributed by atoms with Gasteiger partial charge in [0, 0.05) is 24.5 Å². The Morgan fingerprint density at radius 1 is 1.11 bits per heavy atom. The first-order valence-corrected chi connectivity index (χ1v) is 9.02. The van der Waals surface area contributed by atoms with E-state index in [-0.39, 0.29) is 11.7 Å². The molecule has 4 rings (SSSR count). The highest BCUT2D eigenvalue weighted by Crippen LogP contribution is 2.20. The van der Waals surface area contributed by atoms with Crippen LogP contribution in [0.4, 0.5) is 10.3 Å². The van der Waals surface area contributed by atoms with Crippen LogP contribution in [0.25, 0.3) is 11.4 Å². The third kappa shape index (κ3) is 3.75. The second-order valence-electron chi connectivity index (χ2n) is 5.67. The molecule has 3 heterocycles. The van der Waals surface area contributed by atoms with Crippen LogP contribution in [-0.2, 0) is 6.54 Å². The van der Waals surface area contributed by atoms with Gasteiger partial charge in [0.25, 0.3) is 5.91 Å². The van der Waals surface area contributed by atoms with E-state index in [1.165, 1.54) is 28.2 Å². The van der Waals surface area contributed by atoms with E-state index in [2.05, 4.69) is 20.4 Å². The summed E-state index contributed by atoms with van der Waals surface area (Å²) >= 11 is 1.34. The van der Waals surface area contributed by atoms with Crippen molar-refractivity contribution in [1.29, 1.82) is 0 Å². The molecular weight excluding hydrogens is 365 g/mol. The van der Waals surface area contributed by atoms with Crippen molar-refractivity contribution in [1.82, 2.24) is 19.7 Å². The van der Waals surface area contributed by atoms with Crippen LogP contribution in [0, 0.1) is 5.82 Å². The van der Waals surface area contributed by atoms with Crippen molar-refractivity contribution in [2.24, 2.45) is 0 Å². The van der Waals surface area contributed by atoms with Gasteiger partial charge in [-0.3, -0.25) is 9.78 Å². The van der Waals surface area contributed by atoms with Gasteiger partial charge < -0.3 is 5.32 Å². The van der Waals surface area contributed by atoms with E-state index in [9.17, 15) is 9.18 Å². The summed E-state index contributed by atoms with van der Waals surface area (Å²) in [6.07, 6.45) is 3.28. The van der Waals surface area contributed by atoms with Crippen LogP contribution in [0.3, 0.4) is 0 Å². The van der Waals surface area contributed by atoms with Gasteiger partial charge in [-0.1, -0.05) is 18.2 Å². The van der Waals surface area contributed by atoms with Crippen LogP contribution in [-0.4, -0.2) is 25.7 Å². The molecule has 0 amide bonds. The van der Waals surface area contributed by atoms with Gasteiger partial charge in [-0.25, -0.2) is 4.39 Å². The summed E-state index contributed by atoms with van der Waals surface area (Å²) in [5.41, 5.74) is 1.62. The minimum absolute atomic E-state index is 0.264. The van der Waals surface area contributed by atoms with Crippen molar-refractivity contribution >= 4 is 23.2 Å². The highest BCUT2D eigenvalue weighted by atomic mass is 32.1. The Balaban J connectivity index is 1.66. The maximum atomic E-state index is 13.1. The van der Waals surface area contributed by atoms with Crippen molar-refractivity contribution in [2.45, 2.75) is 6.54 Å². The summed E-state index contributed by atoms with van der Waals surface area (Å²) in [6.45, 7) is 0.381. The second kappa shape index (κ2) is 7.46. The molecule has 134 valence electrons. The van der Waals surface area contributed by atoms with Gasteiger partial charge in [-0.2, -0.15) is 9.67 Å². The molecule has 1 N–H and O–H groups in total. The smallest absolute Gasteiger partial charge is 0.291 e. The zero-order valence-electron chi connectivity index (χ0n) is 14.0. The molecule has 0 aliphatic heterocycles. The predicted molar refractivity (Wildman–Crippen MR) is 101 cm³/mol. The molecule has 0 spiro atoms. The Kier molecular flexibility index (Phi) is 4.71. The number of hydrogen-bond acceptors (Lipinski definition) is 6. The number of benzene rings is 1. The van der Waals surface area contributed by atoms with Crippen molar-refractivity contribution in [3.8, 4) is 11.4 Å². The minimum Gasteiger partial charge on any atom is -0.350 e. The SMILES string of the molecule is O=C(c1cccs1)n1nc(-c2ccncc2)nc1NCc1ccc(F)cc1. The van der Waals surface area contributed by atoms with E-state index in [4.69, 9.17) is 0 Å². The van der Waals surface area contributed by atoms with Crippen LogP contribution < -0.4 is 5.32 Å². The lowest BCUT2D eigenvalue weighted by Gasteiger charge is -2.06. The first-order valence-electron chi connectivity index (χ1n) is 8.15. The van der Waals surface area contributed by atoms with Crippen LogP contribution in [0.15, 0.2) is 66.3 Å². The number of pyridine rings is 1. The van der Waals surface area contributed by atoms with Crippen LogP contribution in [0.1, 0.15) is 15.2 Å². The number of thiophene rings is 1. The molecule has 0 radical (unpaired) electrons. The van der Waals surface area contributed by atoms with Crippen molar-refractivity contribution in [3.05, 3.63) is 82.6 Å². The molecule has 1 aromatic carbocycles. The van der Waals surface area contributed by atoms with Crippen molar-refractivity contribution < 1.29 is 9.18 Å². The fourth-order valence-corrected chi connectivity index (χ4v) is 3.13. The van der Waals surface area contributed by atoms with Crippen LogP contribution >= 0.6 is 11.3 Å². The molecule has 0 unspecified atom stereocenters. The van der Waals surface area contributed by atoms with Crippen LogP contribution in [0.5, 0.6) is 0 Å². The number of anilines is 1. The molecule has 0 aliphatic carbocycles. The maximum absolute atomic E-state index is 13.1.